The van der Waals surface area contributed by atoms with Crippen LogP contribution < -0.4 is 10.6 Å². The Labute approximate surface area is 239 Å². The third-order valence-electron chi connectivity index (χ3n) is 6.94. The van der Waals surface area contributed by atoms with Gasteiger partial charge in [-0.2, -0.15) is 0 Å². The first-order valence-corrected chi connectivity index (χ1v) is 14.3. The predicted molar refractivity (Wildman–Crippen MR) is 157 cm³/mol. The molecular formula is C33H43N3O4. The molecule has 1 fully saturated rings. The largest absolute Gasteiger partial charge is 0.444 e. The van der Waals surface area contributed by atoms with Crippen LogP contribution in [0.15, 0.2) is 54.6 Å². The number of nitrogens with one attached hydrogen (secondary N) is 2. The summed E-state index contributed by atoms with van der Waals surface area (Å²) in [5.74, 6) is 2.06. The zero-order chi connectivity index (χ0) is 29.1. The summed E-state index contributed by atoms with van der Waals surface area (Å²) in [6.45, 7) is 7.57. The van der Waals surface area contributed by atoms with Crippen molar-refractivity contribution in [1.82, 2.24) is 15.5 Å². The van der Waals surface area contributed by atoms with E-state index in [2.05, 4.69) is 16.6 Å². The first-order chi connectivity index (χ1) is 19.1. The molecule has 1 saturated carbocycles. The number of hydrogen-bond donors (Lipinski definition) is 2. The number of carbonyl (C=O) groups excluding carboxylic acids is 3. The van der Waals surface area contributed by atoms with Gasteiger partial charge in [0.15, 0.2) is 0 Å². The third-order valence-corrected chi connectivity index (χ3v) is 6.94. The highest BCUT2D eigenvalue weighted by atomic mass is 16.6. The SMILES string of the molecule is C#Cc1ccccc1C(C(=O)NC1CCCCC1)N(CCC)C(=O)C(Cc1ccccc1)NC(=O)OC(C)(C)C. The summed E-state index contributed by atoms with van der Waals surface area (Å²) in [7, 11) is 0. The maximum atomic E-state index is 14.4. The van der Waals surface area contributed by atoms with Crippen molar-refractivity contribution in [2.24, 2.45) is 0 Å². The van der Waals surface area contributed by atoms with Crippen LogP contribution in [0.5, 0.6) is 0 Å². The average Bonchev–Trinajstić information content (AvgIpc) is 2.92. The summed E-state index contributed by atoms with van der Waals surface area (Å²) in [4.78, 5) is 42.8. The van der Waals surface area contributed by atoms with E-state index in [0.29, 0.717) is 24.1 Å². The molecule has 2 aromatic rings. The van der Waals surface area contributed by atoms with Gasteiger partial charge in [-0.15, -0.1) is 6.42 Å². The predicted octanol–water partition coefficient (Wildman–Crippen LogP) is 5.53. The summed E-state index contributed by atoms with van der Waals surface area (Å²) >= 11 is 0. The number of nitrogens with zero attached hydrogens (tertiary/aromatic N) is 1. The molecule has 2 unspecified atom stereocenters. The molecule has 214 valence electrons. The number of rotatable bonds is 10. The van der Waals surface area contributed by atoms with E-state index in [1.54, 1.807) is 31.7 Å². The molecule has 0 bridgehead atoms. The van der Waals surface area contributed by atoms with E-state index in [1.807, 2.05) is 55.5 Å². The monoisotopic (exact) mass is 545 g/mol. The Balaban J connectivity index is 2.02. The number of hydrogen-bond acceptors (Lipinski definition) is 4. The molecular weight excluding hydrogens is 502 g/mol. The molecule has 0 heterocycles. The zero-order valence-electron chi connectivity index (χ0n) is 24.2. The van der Waals surface area contributed by atoms with Crippen molar-refractivity contribution in [2.45, 2.75) is 96.4 Å². The van der Waals surface area contributed by atoms with Crippen molar-refractivity contribution in [3.05, 3.63) is 71.3 Å². The fraction of sp³-hybridized carbons (Fsp3) is 0.485. The molecule has 2 aromatic carbocycles. The van der Waals surface area contributed by atoms with Gasteiger partial charge in [0, 0.05) is 24.6 Å². The Morgan fingerprint density at radius 3 is 2.30 bits per heavy atom. The van der Waals surface area contributed by atoms with Crippen LogP contribution in [-0.2, 0) is 20.7 Å². The highest BCUT2D eigenvalue weighted by Crippen LogP contribution is 2.28. The first-order valence-electron chi connectivity index (χ1n) is 14.3. The Morgan fingerprint density at radius 2 is 1.68 bits per heavy atom. The summed E-state index contributed by atoms with van der Waals surface area (Å²) in [6.07, 6.45) is 11.1. The van der Waals surface area contributed by atoms with E-state index in [9.17, 15) is 14.4 Å². The highest BCUT2D eigenvalue weighted by molar-refractivity contribution is 5.92. The maximum absolute atomic E-state index is 14.4. The first kappa shape index (κ1) is 30.7. The van der Waals surface area contributed by atoms with E-state index >= 15 is 0 Å². The van der Waals surface area contributed by atoms with Crippen LogP contribution in [0.2, 0.25) is 0 Å². The van der Waals surface area contributed by atoms with E-state index in [1.165, 1.54) is 0 Å². The van der Waals surface area contributed by atoms with Crippen LogP contribution in [0.3, 0.4) is 0 Å². The van der Waals surface area contributed by atoms with Gasteiger partial charge in [-0.25, -0.2) is 4.79 Å². The van der Waals surface area contributed by atoms with Gasteiger partial charge < -0.3 is 20.3 Å². The molecule has 40 heavy (non-hydrogen) atoms. The van der Waals surface area contributed by atoms with Crippen molar-refractivity contribution < 1.29 is 19.1 Å². The van der Waals surface area contributed by atoms with E-state index in [-0.39, 0.29) is 24.3 Å². The van der Waals surface area contributed by atoms with E-state index in [4.69, 9.17) is 11.2 Å². The summed E-state index contributed by atoms with van der Waals surface area (Å²) in [6, 6.07) is 14.9. The van der Waals surface area contributed by atoms with Gasteiger partial charge in [0.25, 0.3) is 0 Å². The second-order valence-electron chi connectivity index (χ2n) is 11.4. The maximum Gasteiger partial charge on any atom is 0.408 e. The molecule has 1 aliphatic carbocycles. The number of benzene rings is 2. The van der Waals surface area contributed by atoms with Gasteiger partial charge in [-0.1, -0.05) is 80.6 Å². The molecule has 0 aromatic heterocycles. The number of carbonyl (C=O) groups is 3. The van der Waals surface area contributed by atoms with Crippen molar-refractivity contribution in [3.8, 4) is 12.3 Å². The number of terminal acetylenes is 1. The molecule has 7 heteroatoms. The molecule has 3 amide bonds. The normalized spacial score (nSPS) is 15.3. The second-order valence-corrected chi connectivity index (χ2v) is 11.4. The van der Waals surface area contributed by atoms with Crippen molar-refractivity contribution in [3.63, 3.8) is 0 Å². The smallest absolute Gasteiger partial charge is 0.408 e. The quantitative estimate of drug-likeness (QED) is 0.384. The van der Waals surface area contributed by atoms with Crippen LogP contribution in [0.1, 0.15) is 89.0 Å². The topological polar surface area (TPSA) is 87.7 Å². The van der Waals surface area contributed by atoms with Crippen LogP contribution in [0, 0.1) is 12.3 Å². The van der Waals surface area contributed by atoms with Crippen molar-refractivity contribution >= 4 is 17.9 Å². The van der Waals surface area contributed by atoms with Gasteiger partial charge in [0.1, 0.15) is 17.7 Å². The minimum atomic E-state index is -0.952. The van der Waals surface area contributed by atoms with Crippen molar-refractivity contribution in [2.75, 3.05) is 6.54 Å². The van der Waals surface area contributed by atoms with Gasteiger partial charge in [0.2, 0.25) is 11.8 Å². The van der Waals surface area contributed by atoms with Crippen LogP contribution in [0.4, 0.5) is 4.79 Å². The third kappa shape index (κ3) is 8.87. The van der Waals surface area contributed by atoms with Crippen LogP contribution in [0.25, 0.3) is 0 Å². The Bertz CT molecular complexity index is 1180. The lowest BCUT2D eigenvalue weighted by atomic mass is 9.93. The van der Waals surface area contributed by atoms with Crippen LogP contribution in [-0.4, -0.2) is 47.0 Å². The molecule has 7 nitrogen and oxygen atoms in total. The Hall–Kier alpha value is -3.79. The summed E-state index contributed by atoms with van der Waals surface area (Å²) < 4.78 is 5.50. The Kier molecular flexibility index (Phi) is 11.2. The summed E-state index contributed by atoms with van der Waals surface area (Å²) in [5, 5.41) is 6.00. The van der Waals surface area contributed by atoms with Gasteiger partial charge in [-0.05, 0) is 57.2 Å². The lowest BCUT2D eigenvalue weighted by Gasteiger charge is -2.36. The lowest BCUT2D eigenvalue weighted by molar-refractivity contribution is -0.142. The molecule has 2 atom stereocenters. The van der Waals surface area contributed by atoms with Gasteiger partial charge >= 0.3 is 6.09 Å². The molecule has 0 aliphatic heterocycles. The standard InChI is InChI=1S/C33H43N3O4/c1-6-22-36(31(38)28(23-24-16-10-8-11-17-24)35-32(39)40-33(3,4)5)29(27-21-15-14-18-25(27)7-2)30(37)34-26-19-12-9-13-20-26/h2,8,10-11,14-18,21,26,28-29H,6,9,12-13,19-20,22-23H2,1,3-5H3,(H,34,37)(H,35,39). The van der Waals surface area contributed by atoms with E-state index in [0.717, 1.165) is 37.7 Å². The second kappa shape index (κ2) is 14.6. The molecule has 0 radical (unpaired) electrons. The highest BCUT2D eigenvalue weighted by Gasteiger charge is 2.37. The van der Waals surface area contributed by atoms with Crippen molar-refractivity contribution in [1.29, 1.82) is 0 Å². The molecule has 0 spiro atoms. The summed E-state index contributed by atoms with van der Waals surface area (Å²) in [5.41, 5.74) is 1.29. The fourth-order valence-electron chi connectivity index (χ4n) is 5.15. The Morgan fingerprint density at radius 1 is 1.02 bits per heavy atom. The average molecular weight is 546 g/mol. The number of ether oxygens (including phenoxy) is 1. The van der Waals surface area contributed by atoms with E-state index < -0.39 is 23.8 Å². The molecule has 2 N–H and O–H groups in total. The molecule has 0 saturated heterocycles. The van der Waals surface area contributed by atoms with Gasteiger partial charge in [-0.3, -0.25) is 9.59 Å². The number of amides is 3. The minimum Gasteiger partial charge on any atom is -0.444 e. The zero-order valence-corrected chi connectivity index (χ0v) is 24.2. The lowest BCUT2D eigenvalue weighted by Crippen LogP contribution is -2.54. The minimum absolute atomic E-state index is 0.0559. The van der Waals surface area contributed by atoms with Crippen LogP contribution >= 0.6 is 0 Å². The fourth-order valence-corrected chi connectivity index (χ4v) is 5.15. The molecule has 1 aliphatic rings. The molecule has 3 rings (SSSR count). The van der Waals surface area contributed by atoms with Gasteiger partial charge in [0.05, 0.1) is 0 Å². The number of alkyl carbamates (subject to hydrolysis) is 1.